The molecule has 0 aliphatic rings. The van der Waals surface area contributed by atoms with E-state index in [2.05, 4.69) is 25.8 Å². The molecule has 0 spiro atoms. The van der Waals surface area contributed by atoms with Crippen molar-refractivity contribution in [3.63, 3.8) is 0 Å². The van der Waals surface area contributed by atoms with Gasteiger partial charge in [-0.2, -0.15) is 0 Å². The van der Waals surface area contributed by atoms with Crippen LogP contribution in [0.15, 0.2) is 4.99 Å². The molecule has 0 aromatic carbocycles. The first kappa shape index (κ1) is 14.2. The van der Waals surface area contributed by atoms with Gasteiger partial charge < -0.3 is 0 Å². The molecule has 4 heteroatoms. The predicted molar refractivity (Wildman–Crippen MR) is 51.2 cm³/mol. The van der Waals surface area contributed by atoms with Gasteiger partial charge in [0.2, 0.25) is 0 Å². The van der Waals surface area contributed by atoms with E-state index >= 15 is 0 Å². The van der Waals surface area contributed by atoms with E-state index in [1.165, 1.54) is 0 Å². The van der Waals surface area contributed by atoms with Gasteiger partial charge in [-0.25, -0.2) is 0 Å². The molecule has 0 rings (SSSR count). The van der Waals surface area contributed by atoms with Gasteiger partial charge in [0, 0.05) is 0 Å². The Balaban J connectivity index is 4.27. The fourth-order valence-electron chi connectivity index (χ4n) is 1.76. The molecule has 14 heavy (non-hydrogen) atoms. The summed E-state index contributed by atoms with van der Waals surface area (Å²) in [6.07, 6.45) is 4.49. The van der Waals surface area contributed by atoms with E-state index in [0.29, 0.717) is 12.5 Å². The zero-order valence-electron chi connectivity index (χ0n) is 9.17. The van der Waals surface area contributed by atoms with E-state index < -0.39 is 0 Å². The Labute approximate surface area is 102 Å². The number of carbonyl (C=O) groups excluding carboxylic acids is 1. The van der Waals surface area contributed by atoms with E-state index in [1.54, 1.807) is 6.08 Å². The van der Waals surface area contributed by atoms with Crippen LogP contribution >= 0.6 is 0 Å². The number of rotatable bonds is 7. The van der Waals surface area contributed by atoms with Gasteiger partial charge in [-0.05, 0) is 0 Å². The van der Waals surface area contributed by atoms with Crippen molar-refractivity contribution in [3.05, 3.63) is 0 Å². The van der Waals surface area contributed by atoms with E-state index in [9.17, 15) is 4.79 Å². The number of isocyanates is 1. The quantitative estimate of drug-likeness (QED) is 0.528. The summed E-state index contributed by atoms with van der Waals surface area (Å²) in [4.78, 5) is 13.5. The minimum absolute atomic E-state index is 0.0171. The van der Waals surface area contributed by atoms with Crippen LogP contribution < -0.4 is 0 Å². The molecule has 1 atom stereocenters. The molecule has 3 nitrogen and oxygen atoms in total. The van der Waals surface area contributed by atoms with Gasteiger partial charge in [0.25, 0.3) is 0 Å². The first-order valence-electron chi connectivity index (χ1n) is 5.05. The van der Waals surface area contributed by atoms with Gasteiger partial charge in [0.15, 0.2) is 0 Å². The van der Waals surface area contributed by atoms with E-state index in [4.69, 9.17) is 2.81 Å². The van der Waals surface area contributed by atoms with Crippen molar-refractivity contribution in [1.29, 1.82) is 0 Å². The van der Waals surface area contributed by atoms with E-state index in [0.717, 1.165) is 44.4 Å². The van der Waals surface area contributed by atoms with Crippen LogP contribution in [0.3, 0.4) is 0 Å². The summed E-state index contributed by atoms with van der Waals surface area (Å²) in [5.74, 6) is 0.439. The molecular weight excluding hydrogens is 257 g/mol. The number of nitrogens with zero attached hydrogens (tertiary/aromatic N) is 1. The summed E-state index contributed by atoms with van der Waals surface area (Å²) in [5.41, 5.74) is -0.0171. The van der Waals surface area contributed by atoms with Crippen LogP contribution in [-0.2, 0) is 32.8 Å². The number of hydrogen-bond donors (Lipinski definition) is 0. The molecule has 0 aliphatic heterocycles. The van der Waals surface area contributed by atoms with Crippen molar-refractivity contribution < 1.29 is 32.8 Å². The zero-order valence-corrected chi connectivity index (χ0v) is 11.6. The Kier molecular flexibility index (Phi) is 7.63. The maximum atomic E-state index is 9.93. The van der Waals surface area contributed by atoms with Crippen LogP contribution in [0.4, 0.5) is 0 Å². The van der Waals surface area contributed by atoms with E-state index in [-0.39, 0.29) is 5.60 Å². The summed E-state index contributed by atoms with van der Waals surface area (Å²) >= 11 is 1.11. The summed E-state index contributed by atoms with van der Waals surface area (Å²) in [6.45, 7) is 7.02. The van der Waals surface area contributed by atoms with Crippen molar-refractivity contribution in [2.45, 2.75) is 45.6 Å². The van der Waals surface area contributed by atoms with Crippen molar-refractivity contribution in [3.8, 4) is 0 Å². The van der Waals surface area contributed by atoms with Crippen LogP contribution in [0.1, 0.15) is 40.0 Å². The van der Waals surface area contributed by atoms with Crippen LogP contribution in [0.2, 0.25) is 0 Å². The molecule has 1 unspecified atom stereocenters. The van der Waals surface area contributed by atoms with Crippen LogP contribution in [0, 0.1) is 5.92 Å². The molecule has 0 aromatic heterocycles. The predicted octanol–water partition coefficient (Wildman–Crippen LogP) is 2.39. The molecule has 0 saturated carbocycles. The molecule has 0 radical (unpaired) electrons. The fraction of sp³-hybridized carbons (Fsp3) is 0.900. The summed E-state index contributed by atoms with van der Waals surface area (Å²) in [6, 6.07) is 0. The Morgan fingerprint density at radius 3 is 2.43 bits per heavy atom. The molecule has 79 valence electrons. The molecule has 0 aliphatic carbocycles. The standard InChI is InChI=1S/C10H18NO2.Zr/c1-4-10(13,5-2)9(3)6-7-11-8-12;/h9H,4-7H2,1-3H3;/q-1;+1. The summed E-state index contributed by atoms with van der Waals surface area (Å²) in [7, 11) is 0. The Morgan fingerprint density at radius 2 is 2.07 bits per heavy atom. The van der Waals surface area contributed by atoms with Crippen molar-refractivity contribution in [2.24, 2.45) is 10.9 Å². The molecule has 0 saturated heterocycles. The third-order valence-corrected chi connectivity index (χ3v) is 4.04. The molecular formula is C10H18NO2Zr. The summed E-state index contributed by atoms with van der Waals surface area (Å²) in [5, 5.41) is 0. The molecule has 0 amide bonds. The van der Waals surface area contributed by atoms with Gasteiger partial charge in [0.05, 0.1) is 0 Å². The van der Waals surface area contributed by atoms with Gasteiger partial charge in [-0.15, -0.1) is 0 Å². The normalized spacial score (nSPS) is 13.3. The Morgan fingerprint density at radius 1 is 1.50 bits per heavy atom. The fourth-order valence-corrected chi connectivity index (χ4v) is 2.96. The zero-order chi connectivity index (χ0) is 11.0. The molecule has 0 heterocycles. The number of aliphatic imine (C=N–C) groups is 1. The van der Waals surface area contributed by atoms with Gasteiger partial charge in [-0.1, -0.05) is 0 Å². The first-order chi connectivity index (χ1) is 6.66. The Hall–Kier alpha value is 0.223. The van der Waals surface area contributed by atoms with Gasteiger partial charge >= 0.3 is 102 Å². The monoisotopic (exact) mass is 274 g/mol. The van der Waals surface area contributed by atoms with Crippen molar-refractivity contribution in [2.75, 3.05) is 6.54 Å². The van der Waals surface area contributed by atoms with Crippen molar-refractivity contribution >= 4 is 6.08 Å². The van der Waals surface area contributed by atoms with Crippen molar-refractivity contribution in [1.82, 2.24) is 0 Å². The molecule has 0 aromatic rings. The first-order valence-corrected chi connectivity index (χ1v) is 6.05. The Bertz CT molecular complexity index is 190. The van der Waals surface area contributed by atoms with Crippen LogP contribution in [0.25, 0.3) is 0 Å². The SMILES string of the molecule is CCC(CC)([O][Zr])C(C)CCN=C=O. The number of hydrogen-bond acceptors (Lipinski definition) is 3. The van der Waals surface area contributed by atoms with E-state index in [1.807, 2.05) is 0 Å². The second-order valence-electron chi connectivity index (χ2n) is 3.54. The molecule has 0 bridgehead atoms. The third kappa shape index (κ3) is 3.76. The summed E-state index contributed by atoms with van der Waals surface area (Å²) < 4.78 is 5.68. The topological polar surface area (TPSA) is 38.7 Å². The van der Waals surface area contributed by atoms with Crippen LogP contribution in [-0.4, -0.2) is 18.2 Å². The minimum atomic E-state index is -0.0171. The van der Waals surface area contributed by atoms with Gasteiger partial charge in [-0.3, -0.25) is 0 Å². The molecule has 0 N–H and O–H groups in total. The van der Waals surface area contributed by atoms with Crippen LogP contribution in [0.5, 0.6) is 0 Å². The third-order valence-electron chi connectivity index (χ3n) is 3.04. The average Bonchev–Trinajstić information content (AvgIpc) is 2.22. The maximum absolute atomic E-state index is 9.93. The average molecular weight is 275 g/mol. The second-order valence-corrected chi connectivity index (χ2v) is 4.04. The van der Waals surface area contributed by atoms with Gasteiger partial charge in [0.1, 0.15) is 0 Å². The molecule has 0 fully saturated rings. The second kappa shape index (κ2) is 7.51.